The molecule has 1 rings (SSSR count). The summed E-state index contributed by atoms with van der Waals surface area (Å²) in [6.45, 7) is 8.75. The lowest BCUT2D eigenvalue weighted by atomic mass is 10.2. The first-order valence-corrected chi connectivity index (χ1v) is 6.65. The number of ether oxygens (including phenoxy) is 2. The molecule has 0 saturated carbocycles. The van der Waals surface area contributed by atoms with Crippen LogP contribution in [0.1, 0.15) is 33.6 Å². The molecule has 1 N–H and O–H groups in total. The van der Waals surface area contributed by atoms with Crippen LogP contribution in [0.5, 0.6) is 0 Å². The zero-order valence-electron chi connectivity index (χ0n) is 12.0. The maximum absolute atomic E-state index is 11.7. The van der Waals surface area contributed by atoms with E-state index in [0.717, 1.165) is 32.5 Å². The average Bonchev–Trinajstić information content (AvgIpc) is 2.74. The average molecular weight is 258 g/mol. The van der Waals surface area contributed by atoms with E-state index >= 15 is 0 Å². The third kappa shape index (κ3) is 6.21. The van der Waals surface area contributed by atoms with Crippen molar-refractivity contribution in [2.75, 3.05) is 33.3 Å². The van der Waals surface area contributed by atoms with Gasteiger partial charge in [-0.3, -0.25) is 0 Å². The number of amides is 1. The van der Waals surface area contributed by atoms with Gasteiger partial charge in [0, 0.05) is 33.3 Å². The minimum atomic E-state index is -0.434. The van der Waals surface area contributed by atoms with Crippen LogP contribution in [0.3, 0.4) is 0 Å². The number of nitrogens with one attached hydrogen (secondary N) is 1. The number of hydrogen-bond donors (Lipinski definition) is 1. The molecule has 1 unspecified atom stereocenters. The molecule has 0 bridgehead atoms. The molecule has 1 heterocycles. The molecule has 0 radical (unpaired) electrons. The Kier molecular flexibility index (Phi) is 5.88. The third-order valence-electron chi connectivity index (χ3n) is 2.73. The first-order chi connectivity index (χ1) is 8.38. The molecule has 0 aromatic rings. The molecule has 106 valence electrons. The fourth-order valence-corrected chi connectivity index (χ4v) is 1.75. The summed E-state index contributed by atoms with van der Waals surface area (Å²) in [4.78, 5) is 13.3. The van der Waals surface area contributed by atoms with Crippen molar-refractivity contribution in [3.05, 3.63) is 0 Å². The van der Waals surface area contributed by atoms with Crippen LogP contribution >= 0.6 is 0 Å². The van der Waals surface area contributed by atoms with E-state index in [0.29, 0.717) is 12.6 Å². The van der Waals surface area contributed by atoms with Crippen LogP contribution in [0, 0.1) is 0 Å². The minimum absolute atomic E-state index is 0.276. The Balaban J connectivity index is 2.08. The van der Waals surface area contributed by atoms with E-state index in [1.807, 2.05) is 20.8 Å². The van der Waals surface area contributed by atoms with Crippen molar-refractivity contribution in [1.29, 1.82) is 0 Å². The molecule has 0 aromatic carbocycles. The molecule has 1 fully saturated rings. The zero-order chi connectivity index (χ0) is 13.6. The van der Waals surface area contributed by atoms with Gasteiger partial charge in [0.15, 0.2) is 0 Å². The lowest BCUT2D eigenvalue weighted by Gasteiger charge is -2.24. The molecule has 0 aromatic heterocycles. The van der Waals surface area contributed by atoms with E-state index in [1.165, 1.54) is 0 Å². The summed E-state index contributed by atoms with van der Waals surface area (Å²) in [7, 11) is 1.75. The topological polar surface area (TPSA) is 50.8 Å². The Morgan fingerprint density at radius 3 is 2.78 bits per heavy atom. The van der Waals surface area contributed by atoms with E-state index < -0.39 is 5.60 Å². The molecule has 1 saturated heterocycles. The third-order valence-corrected chi connectivity index (χ3v) is 2.73. The van der Waals surface area contributed by atoms with Crippen LogP contribution in [0.25, 0.3) is 0 Å². The van der Waals surface area contributed by atoms with E-state index in [1.54, 1.807) is 11.9 Å². The summed E-state index contributed by atoms with van der Waals surface area (Å²) in [5, 5.41) is 3.30. The van der Waals surface area contributed by atoms with Crippen LogP contribution in [0.2, 0.25) is 0 Å². The largest absolute Gasteiger partial charge is 0.444 e. The summed E-state index contributed by atoms with van der Waals surface area (Å²) in [6, 6.07) is 0. The van der Waals surface area contributed by atoms with Gasteiger partial charge < -0.3 is 19.7 Å². The number of hydrogen-bond acceptors (Lipinski definition) is 4. The van der Waals surface area contributed by atoms with Crippen LogP contribution in [0.15, 0.2) is 0 Å². The van der Waals surface area contributed by atoms with Gasteiger partial charge in [0.1, 0.15) is 5.60 Å². The normalized spacial score (nSPS) is 19.9. The van der Waals surface area contributed by atoms with Crippen LogP contribution < -0.4 is 5.32 Å². The van der Waals surface area contributed by atoms with Crippen molar-refractivity contribution in [3.8, 4) is 0 Å². The van der Waals surface area contributed by atoms with Gasteiger partial charge in [-0.2, -0.15) is 0 Å². The highest BCUT2D eigenvalue weighted by Gasteiger charge is 2.19. The molecule has 18 heavy (non-hydrogen) atoms. The number of carbonyl (C=O) groups excluding carboxylic acids is 1. The Labute approximate surface area is 110 Å². The molecule has 0 aliphatic carbocycles. The Hall–Kier alpha value is -0.810. The van der Waals surface area contributed by atoms with Gasteiger partial charge >= 0.3 is 6.09 Å². The highest BCUT2D eigenvalue weighted by Crippen LogP contribution is 2.10. The molecule has 0 spiro atoms. The second-order valence-electron chi connectivity index (χ2n) is 5.74. The summed E-state index contributed by atoms with van der Waals surface area (Å²) >= 11 is 0. The molecule has 1 atom stereocenters. The van der Waals surface area contributed by atoms with Crippen LogP contribution in [-0.2, 0) is 9.47 Å². The standard InChI is InChI=1S/C13H26N2O3/c1-13(2,3)18-12(16)15(4)8-7-14-10-11-6-5-9-17-11/h11,14H,5-10H2,1-4H3. The lowest BCUT2D eigenvalue weighted by Crippen LogP contribution is -2.39. The van der Waals surface area contributed by atoms with E-state index in [2.05, 4.69) is 5.32 Å². The van der Waals surface area contributed by atoms with Gasteiger partial charge in [-0.1, -0.05) is 0 Å². The van der Waals surface area contributed by atoms with Crippen molar-refractivity contribution in [1.82, 2.24) is 10.2 Å². The molecular weight excluding hydrogens is 232 g/mol. The van der Waals surface area contributed by atoms with Crippen molar-refractivity contribution in [2.24, 2.45) is 0 Å². The maximum Gasteiger partial charge on any atom is 0.410 e. The van der Waals surface area contributed by atoms with E-state index in [4.69, 9.17) is 9.47 Å². The van der Waals surface area contributed by atoms with Crippen molar-refractivity contribution in [2.45, 2.75) is 45.3 Å². The number of rotatable bonds is 5. The summed E-state index contributed by atoms with van der Waals surface area (Å²) in [5.74, 6) is 0. The molecular formula is C13H26N2O3. The number of likely N-dealkylation sites (N-methyl/N-ethyl adjacent to an activating group) is 1. The van der Waals surface area contributed by atoms with Gasteiger partial charge in [-0.25, -0.2) is 4.79 Å². The summed E-state index contributed by atoms with van der Waals surface area (Å²) in [5.41, 5.74) is -0.434. The smallest absolute Gasteiger partial charge is 0.410 e. The predicted octanol–water partition coefficient (Wildman–Crippen LogP) is 1.62. The lowest BCUT2D eigenvalue weighted by molar-refractivity contribution is 0.0299. The van der Waals surface area contributed by atoms with Gasteiger partial charge in [-0.15, -0.1) is 0 Å². The molecule has 1 amide bonds. The minimum Gasteiger partial charge on any atom is -0.444 e. The fourth-order valence-electron chi connectivity index (χ4n) is 1.75. The number of carbonyl (C=O) groups is 1. The van der Waals surface area contributed by atoms with Crippen molar-refractivity contribution < 1.29 is 14.3 Å². The van der Waals surface area contributed by atoms with Crippen molar-refractivity contribution >= 4 is 6.09 Å². The monoisotopic (exact) mass is 258 g/mol. The van der Waals surface area contributed by atoms with Gasteiger partial charge in [0.2, 0.25) is 0 Å². The Morgan fingerprint density at radius 1 is 1.50 bits per heavy atom. The van der Waals surface area contributed by atoms with Gasteiger partial charge in [0.05, 0.1) is 6.10 Å². The highest BCUT2D eigenvalue weighted by molar-refractivity contribution is 5.67. The molecule has 5 heteroatoms. The van der Waals surface area contributed by atoms with E-state index in [-0.39, 0.29) is 6.09 Å². The van der Waals surface area contributed by atoms with E-state index in [9.17, 15) is 4.79 Å². The van der Waals surface area contributed by atoms with Gasteiger partial charge in [0.25, 0.3) is 0 Å². The first-order valence-electron chi connectivity index (χ1n) is 6.65. The summed E-state index contributed by atoms with van der Waals surface area (Å²) < 4.78 is 10.8. The molecule has 1 aliphatic rings. The summed E-state index contributed by atoms with van der Waals surface area (Å²) in [6.07, 6.45) is 2.36. The maximum atomic E-state index is 11.7. The molecule has 5 nitrogen and oxygen atoms in total. The van der Waals surface area contributed by atoms with Crippen LogP contribution in [0.4, 0.5) is 4.79 Å². The van der Waals surface area contributed by atoms with Gasteiger partial charge in [-0.05, 0) is 33.6 Å². The predicted molar refractivity (Wildman–Crippen MR) is 70.7 cm³/mol. The Morgan fingerprint density at radius 2 is 2.22 bits per heavy atom. The second-order valence-corrected chi connectivity index (χ2v) is 5.74. The highest BCUT2D eigenvalue weighted by atomic mass is 16.6. The molecule has 1 aliphatic heterocycles. The zero-order valence-corrected chi connectivity index (χ0v) is 12.0. The fraction of sp³-hybridized carbons (Fsp3) is 0.923. The SMILES string of the molecule is CN(CCNCC1CCCO1)C(=O)OC(C)(C)C. The quantitative estimate of drug-likeness (QED) is 0.761. The Bertz CT molecular complexity index is 257. The van der Waals surface area contributed by atoms with Crippen LogP contribution in [-0.4, -0.2) is 56.0 Å². The number of nitrogens with zero attached hydrogens (tertiary/aromatic N) is 1. The first kappa shape index (κ1) is 15.2. The van der Waals surface area contributed by atoms with Crippen molar-refractivity contribution in [3.63, 3.8) is 0 Å². The second kappa shape index (κ2) is 6.95.